The lowest BCUT2D eigenvalue weighted by Crippen LogP contribution is -2.31. The zero-order chi connectivity index (χ0) is 14.6. The minimum absolute atomic E-state index is 0.0158. The highest BCUT2D eigenvalue weighted by molar-refractivity contribution is 7.10. The van der Waals surface area contributed by atoms with Gasteiger partial charge in [-0.05, 0) is 36.1 Å². The normalized spacial score (nSPS) is 19.6. The van der Waals surface area contributed by atoms with Crippen molar-refractivity contribution in [2.45, 2.75) is 51.0 Å². The summed E-state index contributed by atoms with van der Waals surface area (Å²) in [6.45, 7) is 0. The first-order chi connectivity index (χ1) is 9.56. The average molecular weight is 316 g/mol. The molecule has 112 valence electrons. The van der Waals surface area contributed by atoms with Gasteiger partial charge in [0.05, 0.1) is 18.6 Å². The van der Waals surface area contributed by atoms with Crippen LogP contribution in [0.1, 0.15) is 55.9 Å². The lowest BCUT2D eigenvalue weighted by molar-refractivity contribution is -0.144. The molecule has 0 bridgehead atoms. The maximum absolute atomic E-state index is 11.7. The van der Waals surface area contributed by atoms with Gasteiger partial charge in [0.25, 0.3) is 0 Å². The Hall–Kier alpha value is -0.580. The van der Waals surface area contributed by atoms with Crippen molar-refractivity contribution in [1.29, 1.82) is 0 Å². The van der Waals surface area contributed by atoms with E-state index in [1.54, 1.807) is 11.3 Å². The Kier molecular flexibility index (Phi) is 5.47. The van der Waals surface area contributed by atoms with Gasteiger partial charge in [-0.1, -0.05) is 30.9 Å². The van der Waals surface area contributed by atoms with Gasteiger partial charge in [0, 0.05) is 10.9 Å². The molecule has 1 fully saturated rings. The molecular formula is C15H22ClNO2S. The maximum atomic E-state index is 11.7. The van der Waals surface area contributed by atoms with Gasteiger partial charge in [-0.25, -0.2) is 0 Å². The summed E-state index contributed by atoms with van der Waals surface area (Å²) in [6, 6.07) is 1.79. The number of hydrogen-bond donors (Lipinski definition) is 1. The third-order valence-corrected chi connectivity index (χ3v) is 5.79. The predicted molar refractivity (Wildman–Crippen MR) is 83.0 cm³/mol. The van der Waals surface area contributed by atoms with Crippen molar-refractivity contribution in [2.75, 3.05) is 7.11 Å². The van der Waals surface area contributed by atoms with Gasteiger partial charge in [-0.3, -0.25) is 4.79 Å². The number of rotatable bonds is 5. The van der Waals surface area contributed by atoms with Crippen LogP contribution in [0.2, 0.25) is 5.02 Å². The van der Waals surface area contributed by atoms with Crippen molar-refractivity contribution in [3.63, 3.8) is 0 Å². The molecule has 5 heteroatoms. The molecule has 0 radical (unpaired) electrons. The van der Waals surface area contributed by atoms with Crippen LogP contribution in [0.3, 0.4) is 0 Å². The monoisotopic (exact) mass is 315 g/mol. The van der Waals surface area contributed by atoms with Crippen molar-refractivity contribution in [1.82, 2.24) is 0 Å². The highest BCUT2D eigenvalue weighted by Gasteiger charge is 2.37. The molecule has 3 nitrogen and oxygen atoms in total. The zero-order valence-corrected chi connectivity index (χ0v) is 13.4. The summed E-state index contributed by atoms with van der Waals surface area (Å²) >= 11 is 7.77. The number of hydrogen-bond acceptors (Lipinski definition) is 4. The number of carbonyl (C=O) groups is 1. The van der Waals surface area contributed by atoms with E-state index in [2.05, 4.69) is 0 Å². The second-order valence-electron chi connectivity index (χ2n) is 5.76. The van der Waals surface area contributed by atoms with Gasteiger partial charge >= 0.3 is 5.97 Å². The number of ether oxygens (including phenoxy) is 1. The van der Waals surface area contributed by atoms with Gasteiger partial charge < -0.3 is 10.5 Å². The van der Waals surface area contributed by atoms with Crippen molar-refractivity contribution < 1.29 is 9.53 Å². The highest BCUT2D eigenvalue weighted by Crippen LogP contribution is 2.46. The second-order valence-corrected chi connectivity index (χ2v) is 7.11. The SMILES string of the molecule is COC(=O)CC1(CC(N)c2sccc2Cl)CCCCC1. The molecule has 0 spiro atoms. The van der Waals surface area contributed by atoms with Crippen molar-refractivity contribution in [3.8, 4) is 0 Å². The first kappa shape index (κ1) is 15.8. The van der Waals surface area contributed by atoms with E-state index in [1.165, 1.54) is 26.4 Å². The van der Waals surface area contributed by atoms with E-state index in [9.17, 15) is 4.79 Å². The minimum atomic E-state index is -0.128. The van der Waals surface area contributed by atoms with E-state index in [0.717, 1.165) is 29.2 Å². The van der Waals surface area contributed by atoms with Crippen LogP contribution in [-0.4, -0.2) is 13.1 Å². The Morgan fingerprint density at radius 3 is 2.75 bits per heavy atom. The van der Waals surface area contributed by atoms with Crippen LogP contribution in [0.5, 0.6) is 0 Å². The third-order valence-electron chi connectivity index (χ3n) is 4.30. The number of thiophene rings is 1. The van der Waals surface area contributed by atoms with Crippen LogP contribution in [-0.2, 0) is 9.53 Å². The van der Waals surface area contributed by atoms with E-state index in [-0.39, 0.29) is 17.4 Å². The molecule has 1 atom stereocenters. The molecule has 2 N–H and O–H groups in total. The number of halogens is 1. The topological polar surface area (TPSA) is 52.3 Å². The Labute approximate surface area is 129 Å². The molecule has 1 saturated carbocycles. The minimum Gasteiger partial charge on any atom is -0.469 e. The smallest absolute Gasteiger partial charge is 0.306 e. The first-order valence-electron chi connectivity index (χ1n) is 7.12. The van der Waals surface area contributed by atoms with Gasteiger partial charge in [-0.2, -0.15) is 0 Å². The molecule has 1 aliphatic carbocycles. The Morgan fingerprint density at radius 1 is 1.50 bits per heavy atom. The number of esters is 1. The fraction of sp³-hybridized carbons (Fsp3) is 0.667. The summed E-state index contributed by atoms with van der Waals surface area (Å²) in [5.74, 6) is -0.128. The first-order valence-corrected chi connectivity index (χ1v) is 8.37. The van der Waals surface area contributed by atoms with Crippen LogP contribution in [0.15, 0.2) is 11.4 Å². The molecule has 0 aliphatic heterocycles. The molecule has 20 heavy (non-hydrogen) atoms. The molecule has 1 heterocycles. The Bertz CT molecular complexity index is 454. The fourth-order valence-corrected chi connectivity index (χ4v) is 4.46. The van der Waals surface area contributed by atoms with Crippen molar-refractivity contribution in [3.05, 3.63) is 21.3 Å². The molecule has 1 aromatic rings. The summed E-state index contributed by atoms with van der Waals surface area (Å²) in [5, 5.41) is 2.71. The Balaban J connectivity index is 2.11. The van der Waals surface area contributed by atoms with E-state index in [1.807, 2.05) is 11.4 Å². The van der Waals surface area contributed by atoms with Gasteiger partial charge in [0.15, 0.2) is 0 Å². The van der Waals surface area contributed by atoms with E-state index in [0.29, 0.717) is 6.42 Å². The maximum Gasteiger partial charge on any atom is 0.306 e. The van der Waals surface area contributed by atoms with E-state index < -0.39 is 0 Å². The molecule has 0 saturated heterocycles. The zero-order valence-electron chi connectivity index (χ0n) is 11.9. The second kappa shape index (κ2) is 6.92. The molecule has 1 aromatic heterocycles. The van der Waals surface area contributed by atoms with Crippen LogP contribution in [0, 0.1) is 5.41 Å². The van der Waals surface area contributed by atoms with Crippen molar-refractivity contribution >= 4 is 28.9 Å². The van der Waals surface area contributed by atoms with E-state index in [4.69, 9.17) is 22.1 Å². The molecule has 1 aliphatic rings. The van der Waals surface area contributed by atoms with E-state index >= 15 is 0 Å². The highest BCUT2D eigenvalue weighted by atomic mass is 35.5. The summed E-state index contributed by atoms with van der Waals surface area (Å²) in [6.07, 6.45) is 6.97. The quantitative estimate of drug-likeness (QED) is 0.824. The molecule has 2 rings (SSSR count). The molecule has 1 unspecified atom stereocenters. The standard InChI is InChI=1S/C15H22ClNO2S/c1-19-13(18)10-15(6-3-2-4-7-15)9-12(17)14-11(16)5-8-20-14/h5,8,12H,2-4,6-7,9-10,17H2,1H3. The third kappa shape index (κ3) is 3.74. The molecular weight excluding hydrogens is 294 g/mol. The van der Waals surface area contributed by atoms with Gasteiger partial charge in [0.2, 0.25) is 0 Å². The number of carbonyl (C=O) groups excluding carboxylic acids is 1. The van der Waals surface area contributed by atoms with Gasteiger partial charge in [0.1, 0.15) is 0 Å². The number of nitrogens with two attached hydrogens (primary N) is 1. The summed E-state index contributed by atoms with van der Waals surface area (Å²) < 4.78 is 4.87. The summed E-state index contributed by atoms with van der Waals surface area (Å²) in [7, 11) is 1.45. The summed E-state index contributed by atoms with van der Waals surface area (Å²) in [4.78, 5) is 12.8. The Morgan fingerprint density at radius 2 is 2.20 bits per heavy atom. The van der Waals surface area contributed by atoms with Crippen LogP contribution in [0.4, 0.5) is 0 Å². The van der Waals surface area contributed by atoms with Gasteiger partial charge in [-0.15, -0.1) is 11.3 Å². The van der Waals surface area contributed by atoms with Crippen LogP contribution in [0.25, 0.3) is 0 Å². The number of methoxy groups -OCH3 is 1. The predicted octanol–water partition coefficient (Wildman–Crippen LogP) is 4.31. The van der Waals surface area contributed by atoms with Crippen molar-refractivity contribution in [2.24, 2.45) is 11.1 Å². The summed E-state index contributed by atoms with van der Waals surface area (Å²) in [5.41, 5.74) is 6.33. The molecule has 0 amide bonds. The fourth-order valence-electron chi connectivity index (χ4n) is 3.26. The lowest BCUT2D eigenvalue weighted by atomic mass is 9.68. The largest absolute Gasteiger partial charge is 0.469 e. The lowest BCUT2D eigenvalue weighted by Gasteiger charge is -2.38. The average Bonchev–Trinajstić information content (AvgIpc) is 2.85. The van der Waals surface area contributed by atoms with Crippen LogP contribution < -0.4 is 5.73 Å². The van der Waals surface area contributed by atoms with Crippen LogP contribution >= 0.6 is 22.9 Å². The molecule has 0 aromatic carbocycles.